The second-order valence-electron chi connectivity index (χ2n) is 8.73. The van der Waals surface area contributed by atoms with E-state index in [0.717, 1.165) is 18.4 Å². The summed E-state index contributed by atoms with van der Waals surface area (Å²) in [5.41, 5.74) is 2.58. The number of halogens is 3. The molecule has 0 aliphatic heterocycles. The number of thiazole rings is 1. The van der Waals surface area contributed by atoms with Gasteiger partial charge in [-0.2, -0.15) is 0 Å². The van der Waals surface area contributed by atoms with Gasteiger partial charge in [0.15, 0.2) is 5.13 Å². The van der Waals surface area contributed by atoms with Crippen molar-refractivity contribution >= 4 is 49.6 Å². The van der Waals surface area contributed by atoms with E-state index in [-0.39, 0.29) is 11.7 Å². The Bertz CT molecular complexity index is 1380. The number of hydrogen-bond acceptors (Lipinski definition) is 6. The molecule has 0 spiro atoms. The van der Waals surface area contributed by atoms with Gasteiger partial charge in [-0.05, 0) is 49.1 Å². The number of nitrogens with one attached hydrogen (secondary N) is 2. The Morgan fingerprint density at radius 2 is 1.91 bits per heavy atom. The maximum Gasteiger partial charge on any atom is 0.573 e. The number of fused-ring (bicyclic) bond motifs is 2. The van der Waals surface area contributed by atoms with Gasteiger partial charge in [-0.3, -0.25) is 4.79 Å². The molecule has 0 unspecified atom stereocenters. The van der Waals surface area contributed by atoms with Crippen molar-refractivity contribution in [3.63, 3.8) is 0 Å². The maximum absolute atomic E-state index is 12.7. The first kappa shape index (κ1) is 23.4. The van der Waals surface area contributed by atoms with E-state index >= 15 is 0 Å². The molecular formula is C24H24F3N5O2S. The molecule has 0 saturated heterocycles. The summed E-state index contributed by atoms with van der Waals surface area (Å²) in [6.45, 7) is 0.694. The van der Waals surface area contributed by atoms with Crippen molar-refractivity contribution in [2.24, 2.45) is 13.0 Å². The summed E-state index contributed by atoms with van der Waals surface area (Å²) >= 11 is 1.19. The van der Waals surface area contributed by atoms with E-state index in [4.69, 9.17) is 0 Å². The SMILES string of the molecule is Cn1c(Nc2nc3ccc(OC(F)(F)F)cc3s2)nc2cc(C(=O)NCC3CCCCC3)ccc21. The minimum absolute atomic E-state index is 0.110. The van der Waals surface area contributed by atoms with Gasteiger partial charge in [-0.1, -0.05) is 30.6 Å². The first-order chi connectivity index (χ1) is 16.7. The molecule has 1 amide bonds. The van der Waals surface area contributed by atoms with Crippen LogP contribution in [-0.2, 0) is 7.05 Å². The Hall–Kier alpha value is -3.34. The summed E-state index contributed by atoms with van der Waals surface area (Å²) in [6, 6.07) is 9.40. The Kier molecular flexibility index (Phi) is 6.26. The Labute approximate surface area is 203 Å². The van der Waals surface area contributed by atoms with E-state index in [1.807, 2.05) is 17.7 Å². The average Bonchev–Trinajstić information content (AvgIpc) is 3.36. The molecular weight excluding hydrogens is 479 g/mol. The smallest absolute Gasteiger partial charge is 0.406 e. The fraction of sp³-hybridized carbons (Fsp3) is 0.375. The van der Waals surface area contributed by atoms with Gasteiger partial charge < -0.3 is 19.9 Å². The third-order valence-corrected chi connectivity index (χ3v) is 7.16. The van der Waals surface area contributed by atoms with Crippen molar-refractivity contribution in [2.75, 3.05) is 11.9 Å². The van der Waals surface area contributed by atoms with Gasteiger partial charge in [-0.25, -0.2) is 9.97 Å². The molecule has 1 saturated carbocycles. The van der Waals surface area contributed by atoms with Crippen molar-refractivity contribution in [2.45, 2.75) is 38.5 Å². The average molecular weight is 504 g/mol. The molecule has 2 aromatic heterocycles. The molecule has 2 heterocycles. The summed E-state index contributed by atoms with van der Waals surface area (Å²) in [7, 11) is 1.84. The monoisotopic (exact) mass is 503 g/mol. The molecule has 0 atom stereocenters. The maximum atomic E-state index is 12.7. The number of imidazole rings is 1. The number of nitrogens with zero attached hydrogens (tertiary/aromatic N) is 3. The molecule has 0 radical (unpaired) electrons. The molecule has 1 aliphatic carbocycles. The van der Waals surface area contributed by atoms with Crippen molar-refractivity contribution < 1.29 is 22.7 Å². The number of hydrogen-bond donors (Lipinski definition) is 2. The molecule has 2 N–H and O–H groups in total. The van der Waals surface area contributed by atoms with E-state index in [1.54, 1.807) is 12.1 Å². The summed E-state index contributed by atoms with van der Waals surface area (Å²) < 4.78 is 43.9. The van der Waals surface area contributed by atoms with Crippen LogP contribution in [0, 0.1) is 5.92 Å². The van der Waals surface area contributed by atoms with Gasteiger partial charge in [0.05, 0.1) is 21.3 Å². The van der Waals surface area contributed by atoms with Gasteiger partial charge in [-0.15, -0.1) is 13.2 Å². The Morgan fingerprint density at radius 1 is 1.11 bits per heavy atom. The molecule has 5 rings (SSSR count). The first-order valence-corrected chi connectivity index (χ1v) is 12.2. The number of alkyl halides is 3. The van der Waals surface area contributed by atoms with Gasteiger partial charge >= 0.3 is 6.36 Å². The minimum atomic E-state index is -4.75. The van der Waals surface area contributed by atoms with Crippen molar-refractivity contribution in [1.29, 1.82) is 0 Å². The first-order valence-electron chi connectivity index (χ1n) is 11.4. The van der Waals surface area contributed by atoms with Crippen LogP contribution >= 0.6 is 11.3 Å². The van der Waals surface area contributed by atoms with Crippen LogP contribution < -0.4 is 15.4 Å². The largest absolute Gasteiger partial charge is 0.573 e. The molecule has 4 aromatic rings. The van der Waals surface area contributed by atoms with E-state index in [2.05, 4.69) is 25.3 Å². The van der Waals surface area contributed by atoms with Gasteiger partial charge in [0.2, 0.25) is 5.95 Å². The van der Waals surface area contributed by atoms with Crippen molar-refractivity contribution in [3.05, 3.63) is 42.0 Å². The summed E-state index contributed by atoms with van der Waals surface area (Å²) in [5.74, 6) is 0.649. The lowest BCUT2D eigenvalue weighted by atomic mass is 9.89. The zero-order chi connectivity index (χ0) is 24.6. The summed E-state index contributed by atoms with van der Waals surface area (Å²) in [5, 5.41) is 6.66. The van der Waals surface area contributed by atoms with Crippen molar-refractivity contribution in [1.82, 2.24) is 19.9 Å². The highest BCUT2D eigenvalue weighted by Crippen LogP contribution is 2.33. The molecule has 0 bridgehead atoms. The van der Waals surface area contributed by atoms with Crippen LogP contribution in [0.3, 0.4) is 0 Å². The van der Waals surface area contributed by atoms with Gasteiger partial charge in [0.25, 0.3) is 5.91 Å². The van der Waals surface area contributed by atoms with Crippen LogP contribution in [0.15, 0.2) is 36.4 Å². The Balaban J connectivity index is 1.32. The van der Waals surface area contributed by atoms with Crippen LogP contribution in [0.5, 0.6) is 5.75 Å². The topological polar surface area (TPSA) is 81.1 Å². The standard InChI is InChI=1S/C24H24F3N5O2S/c1-32-19-10-7-15(21(33)28-13-14-5-3-2-4-6-14)11-18(19)29-22(32)31-23-30-17-9-8-16(12-20(17)35-23)34-24(25,26)27/h7-12,14H,2-6,13H2,1H3,(H,28,33)(H,29,30,31). The highest BCUT2D eigenvalue weighted by atomic mass is 32.1. The van der Waals surface area contributed by atoms with Crippen LogP contribution in [0.1, 0.15) is 42.5 Å². The summed E-state index contributed by atoms with van der Waals surface area (Å²) in [4.78, 5) is 21.7. The number of carbonyl (C=O) groups is 1. The summed E-state index contributed by atoms with van der Waals surface area (Å²) in [6.07, 6.45) is 1.31. The molecule has 35 heavy (non-hydrogen) atoms. The number of carbonyl (C=O) groups excluding carboxylic acids is 1. The molecule has 1 fully saturated rings. The predicted octanol–water partition coefficient (Wildman–Crippen LogP) is 6.14. The zero-order valence-corrected chi connectivity index (χ0v) is 19.8. The third-order valence-electron chi connectivity index (χ3n) is 6.23. The van der Waals surface area contributed by atoms with Crippen LogP contribution in [-0.4, -0.2) is 33.3 Å². The molecule has 7 nitrogen and oxygen atoms in total. The number of aryl methyl sites for hydroxylation is 1. The lowest BCUT2D eigenvalue weighted by Crippen LogP contribution is -2.30. The molecule has 184 valence electrons. The van der Waals surface area contributed by atoms with Gasteiger partial charge in [0, 0.05) is 25.2 Å². The Morgan fingerprint density at radius 3 is 2.69 bits per heavy atom. The molecule has 1 aliphatic rings. The highest BCUT2D eigenvalue weighted by molar-refractivity contribution is 7.22. The quantitative estimate of drug-likeness (QED) is 0.331. The second kappa shape index (κ2) is 9.37. The normalized spacial score (nSPS) is 15.0. The van der Waals surface area contributed by atoms with Crippen LogP contribution in [0.4, 0.5) is 24.3 Å². The van der Waals surface area contributed by atoms with Crippen molar-refractivity contribution in [3.8, 4) is 5.75 Å². The minimum Gasteiger partial charge on any atom is -0.406 e. The van der Waals surface area contributed by atoms with Crippen LogP contribution in [0.25, 0.3) is 21.3 Å². The fourth-order valence-electron chi connectivity index (χ4n) is 4.43. The predicted molar refractivity (Wildman–Crippen MR) is 129 cm³/mol. The molecule has 2 aromatic carbocycles. The van der Waals surface area contributed by atoms with E-state index in [0.29, 0.717) is 44.8 Å². The number of benzene rings is 2. The van der Waals surface area contributed by atoms with E-state index in [9.17, 15) is 18.0 Å². The zero-order valence-electron chi connectivity index (χ0n) is 19.0. The molecule has 11 heteroatoms. The lowest BCUT2D eigenvalue weighted by molar-refractivity contribution is -0.274. The van der Waals surface area contributed by atoms with E-state index < -0.39 is 6.36 Å². The number of anilines is 2. The van der Waals surface area contributed by atoms with E-state index in [1.165, 1.54) is 48.8 Å². The number of ether oxygens (including phenoxy) is 1. The van der Waals surface area contributed by atoms with Gasteiger partial charge in [0.1, 0.15) is 5.75 Å². The van der Waals surface area contributed by atoms with Crippen LogP contribution in [0.2, 0.25) is 0 Å². The fourth-order valence-corrected chi connectivity index (χ4v) is 5.32. The number of rotatable bonds is 6. The second-order valence-corrected chi connectivity index (χ2v) is 9.76. The third kappa shape index (κ3) is 5.34. The number of amides is 1. The lowest BCUT2D eigenvalue weighted by Gasteiger charge is -2.21. The highest BCUT2D eigenvalue weighted by Gasteiger charge is 2.31. The number of aromatic nitrogens is 3.